The molecule has 0 amide bonds. The second kappa shape index (κ2) is 7.13. The predicted octanol–water partition coefficient (Wildman–Crippen LogP) is 6.64. The summed E-state index contributed by atoms with van der Waals surface area (Å²) in [5, 5.41) is 0. The molecule has 0 atom stereocenters. The summed E-state index contributed by atoms with van der Waals surface area (Å²) in [5.74, 6) is 4.22. The van der Waals surface area contributed by atoms with Crippen LogP contribution < -0.4 is 0 Å². The van der Waals surface area contributed by atoms with E-state index in [1.165, 1.54) is 44.5 Å². The third-order valence-electron chi connectivity index (χ3n) is 4.98. The first-order valence-electron chi connectivity index (χ1n) is 9.05. The summed E-state index contributed by atoms with van der Waals surface area (Å²) in [6, 6.07) is 28.4. The van der Waals surface area contributed by atoms with Gasteiger partial charge < -0.3 is 0 Å². The van der Waals surface area contributed by atoms with Gasteiger partial charge in [-0.3, -0.25) is 0 Å². The second-order valence-electron chi connectivity index (χ2n) is 6.79. The molecule has 0 fully saturated rings. The molecule has 0 aliphatic rings. The van der Waals surface area contributed by atoms with E-state index in [1.54, 1.807) is 0 Å². The molecule has 0 unspecified atom stereocenters. The normalized spacial score (nSPS) is 10.5. The van der Waals surface area contributed by atoms with Crippen LogP contribution in [0.25, 0.3) is 33.4 Å². The van der Waals surface area contributed by atoms with Crippen molar-refractivity contribution in [3.63, 3.8) is 0 Å². The van der Waals surface area contributed by atoms with Crippen LogP contribution in [0.15, 0.2) is 90.8 Å². The number of rotatable bonds is 3. The Hall–Kier alpha value is -2.93. The molecule has 3 aromatic carbocycles. The summed E-state index contributed by atoms with van der Waals surface area (Å²) in [4.78, 5) is 0. The molecule has 4 aromatic rings. The summed E-state index contributed by atoms with van der Waals surface area (Å²) < 4.78 is 0. The van der Waals surface area contributed by atoms with Crippen LogP contribution in [0.4, 0.5) is 0 Å². The first kappa shape index (κ1) is 16.5. The van der Waals surface area contributed by atoms with Gasteiger partial charge in [0.2, 0.25) is 0 Å². The molecule has 124 valence electrons. The molecule has 0 saturated carbocycles. The number of benzene rings is 3. The summed E-state index contributed by atoms with van der Waals surface area (Å²) in [7, 11) is 0. The van der Waals surface area contributed by atoms with Gasteiger partial charge in [-0.15, -0.1) is 0 Å². The Bertz CT molecular complexity index is 1050. The van der Waals surface area contributed by atoms with Crippen molar-refractivity contribution in [3.8, 4) is 33.4 Å². The Kier molecular flexibility index (Phi) is 4.54. The Labute approximate surface area is 156 Å². The molecule has 0 aliphatic carbocycles. The SMILES string of the molecule is Cc1ccccc1-c1cc(-c2cccc(-c3cbccc3)c2)ccc1C. The van der Waals surface area contributed by atoms with E-state index in [-0.39, 0.29) is 0 Å². The van der Waals surface area contributed by atoms with Crippen LogP contribution in [0, 0.1) is 13.8 Å². The van der Waals surface area contributed by atoms with E-state index >= 15 is 0 Å². The first-order chi connectivity index (χ1) is 12.7. The second-order valence-corrected chi connectivity index (χ2v) is 6.79. The fourth-order valence-electron chi connectivity index (χ4n) is 3.48. The van der Waals surface area contributed by atoms with Gasteiger partial charge in [0.05, 0.1) is 0 Å². The van der Waals surface area contributed by atoms with Crippen LogP contribution in [-0.4, -0.2) is 6.91 Å². The molecule has 0 saturated heterocycles. The average molecular weight is 332 g/mol. The van der Waals surface area contributed by atoms with E-state index in [2.05, 4.69) is 112 Å². The standard InChI is InChI=1S/C25H21B/c1-18-7-3-4-11-24(18)25-16-22(13-12-19(25)2)20-8-5-9-21(15-20)23-10-6-14-26-17-23/h3-17H,1-2H3. The van der Waals surface area contributed by atoms with Gasteiger partial charge in [-0.05, 0) is 0 Å². The third-order valence-corrected chi connectivity index (χ3v) is 4.98. The molecule has 0 spiro atoms. The van der Waals surface area contributed by atoms with Crippen molar-refractivity contribution in [1.82, 2.24) is 0 Å². The van der Waals surface area contributed by atoms with Gasteiger partial charge in [-0.25, -0.2) is 0 Å². The number of hydrogen-bond acceptors (Lipinski definition) is 0. The van der Waals surface area contributed by atoms with Crippen molar-refractivity contribution in [2.24, 2.45) is 0 Å². The topological polar surface area (TPSA) is 0 Å². The van der Waals surface area contributed by atoms with Crippen molar-refractivity contribution >= 4 is 6.91 Å². The molecule has 0 aliphatic heterocycles. The van der Waals surface area contributed by atoms with Crippen molar-refractivity contribution in [1.29, 1.82) is 0 Å². The molecule has 0 radical (unpaired) electrons. The van der Waals surface area contributed by atoms with E-state index in [0.29, 0.717) is 0 Å². The molecule has 1 heterocycles. The fourth-order valence-corrected chi connectivity index (χ4v) is 3.48. The van der Waals surface area contributed by atoms with Crippen LogP contribution in [0.5, 0.6) is 0 Å². The molecular formula is C25H21B. The van der Waals surface area contributed by atoms with Crippen LogP contribution in [0.3, 0.4) is 0 Å². The van der Waals surface area contributed by atoms with Gasteiger partial charge in [0.25, 0.3) is 0 Å². The minimum atomic E-state index is 1.25. The van der Waals surface area contributed by atoms with Gasteiger partial charge in [-0.2, -0.15) is 0 Å². The van der Waals surface area contributed by atoms with E-state index in [0.717, 1.165) is 0 Å². The van der Waals surface area contributed by atoms with E-state index in [9.17, 15) is 0 Å². The Morgan fingerprint density at radius 2 is 1.23 bits per heavy atom. The van der Waals surface area contributed by atoms with E-state index in [1.807, 2.05) is 0 Å². The van der Waals surface area contributed by atoms with Gasteiger partial charge in [-0.1, -0.05) is 0 Å². The number of aryl methyl sites for hydroxylation is 2. The molecule has 26 heavy (non-hydrogen) atoms. The van der Waals surface area contributed by atoms with Gasteiger partial charge >= 0.3 is 156 Å². The molecule has 1 aromatic heterocycles. The fraction of sp³-hybridized carbons (Fsp3) is 0.0800. The zero-order chi connectivity index (χ0) is 17.9. The summed E-state index contributed by atoms with van der Waals surface area (Å²) in [6.45, 7) is 6.45. The summed E-state index contributed by atoms with van der Waals surface area (Å²) in [6.07, 6.45) is 0. The molecular weight excluding hydrogens is 311 g/mol. The van der Waals surface area contributed by atoms with Crippen LogP contribution in [0.2, 0.25) is 0 Å². The van der Waals surface area contributed by atoms with Crippen molar-refractivity contribution in [3.05, 3.63) is 102 Å². The average Bonchev–Trinajstić information content (AvgIpc) is 2.70. The maximum absolute atomic E-state index is 2.32. The summed E-state index contributed by atoms with van der Waals surface area (Å²) in [5.41, 5.74) is 10.2. The zero-order valence-electron chi connectivity index (χ0n) is 15.2. The van der Waals surface area contributed by atoms with Gasteiger partial charge in [0.15, 0.2) is 0 Å². The minimum absolute atomic E-state index is 1.25. The molecule has 0 nitrogen and oxygen atoms in total. The molecule has 0 N–H and O–H groups in total. The molecule has 1 heteroatoms. The van der Waals surface area contributed by atoms with Crippen LogP contribution in [-0.2, 0) is 0 Å². The number of hydrogen-bond donors (Lipinski definition) is 0. The van der Waals surface area contributed by atoms with Gasteiger partial charge in [0.1, 0.15) is 0 Å². The first-order valence-corrected chi connectivity index (χ1v) is 9.05. The van der Waals surface area contributed by atoms with Crippen molar-refractivity contribution in [2.75, 3.05) is 0 Å². The van der Waals surface area contributed by atoms with E-state index in [4.69, 9.17) is 0 Å². The van der Waals surface area contributed by atoms with Crippen molar-refractivity contribution < 1.29 is 0 Å². The quantitative estimate of drug-likeness (QED) is 0.394. The Morgan fingerprint density at radius 3 is 2.00 bits per heavy atom. The van der Waals surface area contributed by atoms with Gasteiger partial charge in [0, 0.05) is 0 Å². The van der Waals surface area contributed by atoms with Crippen LogP contribution in [0.1, 0.15) is 11.1 Å². The monoisotopic (exact) mass is 332 g/mol. The Morgan fingerprint density at radius 1 is 0.538 bits per heavy atom. The van der Waals surface area contributed by atoms with Crippen molar-refractivity contribution in [2.45, 2.75) is 13.8 Å². The predicted molar refractivity (Wildman–Crippen MR) is 114 cm³/mol. The maximum atomic E-state index is 2.32. The molecule has 0 bridgehead atoms. The van der Waals surface area contributed by atoms with Crippen LogP contribution >= 0.6 is 0 Å². The Balaban J connectivity index is 1.80. The third kappa shape index (κ3) is 3.26. The van der Waals surface area contributed by atoms with E-state index < -0.39 is 0 Å². The molecule has 4 rings (SSSR count). The zero-order valence-corrected chi connectivity index (χ0v) is 15.2. The summed E-state index contributed by atoms with van der Waals surface area (Å²) >= 11 is 0.